The smallest absolute Gasteiger partial charge is 0.144 e. The standard InChI is InChI=1S/C10H13NO3/c1-6-2-3-9-10(11-6)8(13)4-7(5-12)14-9/h2-3,7-8,12-13H,4-5H2,1H3. The van der Waals surface area contributed by atoms with Gasteiger partial charge < -0.3 is 14.9 Å². The van der Waals surface area contributed by atoms with Crippen LogP contribution in [0.15, 0.2) is 12.1 Å². The zero-order valence-electron chi connectivity index (χ0n) is 7.97. The van der Waals surface area contributed by atoms with Crippen LogP contribution < -0.4 is 4.74 Å². The zero-order chi connectivity index (χ0) is 10.1. The van der Waals surface area contributed by atoms with Gasteiger partial charge in [-0.3, -0.25) is 4.98 Å². The third kappa shape index (κ3) is 1.58. The molecule has 1 aromatic heterocycles. The molecule has 0 fully saturated rings. The van der Waals surface area contributed by atoms with Crippen LogP contribution in [0.25, 0.3) is 0 Å². The number of aliphatic hydroxyl groups is 2. The lowest BCUT2D eigenvalue weighted by molar-refractivity contribution is 0.0302. The van der Waals surface area contributed by atoms with Crippen molar-refractivity contribution >= 4 is 0 Å². The van der Waals surface area contributed by atoms with E-state index in [2.05, 4.69) is 4.98 Å². The maximum atomic E-state index is 9.73. The van der Waals surface area contributed by atoms with E-state index in [1.54, 1.807) is 6.07 Å². The molecule has 1 aliphatic heterocycles. The van der Waals surface area contributed by atoms with Crippen LogP contribution in [-0.4, -0.2) is 27.9 Å². The Hall–Kier alpha value is -1.13. The van der Waals surface area contributed by atoms with Crippen molar-refractivity contribution in [1.82, 2.24) is 4.98 Å². The first-order chi connectivity index (χ1) is 6.70. The summed E-state index contributed by atoms with van der Waals surface area (Å²) >= 11 is 0. The molecule has 1 aromatic rings. The van der Waals surface area contributed by atoms with Crippen molar-refractivity contribution in [3.8, 4) is 5.75 Å². The third-order valence-corrected chi connectivity index (χ3v) is 2.32. The summed E-state index contributed by atoms with van der Waals surface area (Å²) in [6.45, 7) is 1.79. The average Bonchev–Trinajstić information content (AvgIpc) is 2.19. The van der Waals surface area contributed by atoms with Gasteiger partial charge in [0.05, 0.1) is 6.61 Å². The largest absolute Gasteiger partial charge is 0.486 e. The van der Waals surface area contributed by atoms with E-state index >= 15 is 0 Å². The van der Waals surface area contributed by atoms with Crippen molar-refractivity contribution in [2.24, 2.45) is 0 Å². The molecule has 4 nitrogen and oxygen atoms in total. The molecule has 2 atom stereocenters. The van der Waals surface area contributed by atoms with Crippen molar-refractivity contribution < 1.29 is 14.9 Å². The molecule has 0 aliphatic carbocycles. The van der Waals surface area contributed by atoms with Gasteiger partial charge in [-0.25, -0.2) is 0 Å². The molecule has 0 spiro atoms. The summed E-state index contributed by atoms with van der Waals surface area (Å²) in [7, 11) is 0. The number of hydrogen-bond acceptors (Lipinski definition) is 4. The van der Waals surface area contributed by atoms with Crippen molar-refractivity contribution in [2.45, 2.75) is 25.6 Å². The molecule has 76 valence electrons. The van der Waals surface area contributed by atoms with Gasteiger partial charge in [-0.2, -0.15) is 0 Å². The van der Waals surface area contributed by atoms with Gasteiger partial charge in [0.25, 0.3) is 0 Å². The predicted octanol–water partition coefficient (Wildman–Crippen LogP) is 0.567. The molecule has 0 radical (unpaired) electrons. The SMILES string of the molecule is Cc1ccc2c(n1)C(O)CC(CO)O2. The minimum atomic E-state index is -0.629. The maximum Gasteiger partial charge on any atom is 0.144 e. The van der Waals surface area contributed by atoms with Crippen LogP contribution in [0.5, 0.6) is 5.75 Å². The molecule has 0 saturated carbocycles. The number of aliphatic hydroxyl groups excluding tert-OH is 2. The van der Waals surface area contributed by atoms with Crippen LogP contribution in [0.4, 0.5) is 0 Å². The summed E-state index contributed by atoms with van der Waals surface area (Å²) in [5.74, 6) is 0.577. The minimum absolute atomic E-state index is 0.0790. The van der Waals surface area contributed by atoms with E-state index in [-0.39, 0.29) is 12.7 Å². The Labute approximate surface area is 82.2 Å². The zero-order valence-corrected chi connectivity index (χ0v) is 7.97. The van der Waals surface area contributed by atoms with E-state index in [0.29, 0.717) is 17.9 Å². The molecule has 1 aliphatic rings. The molecule has 0 aromatic carbocycles. The first-order valence-electron chi connectivity index (χ1n) is 4.64. The van der Waals surface area contributed by atoms with Gasteiger partial charge in [-0.05, 0) is 19.1 Å². The van der Waals surface area contributed by atoms with Crippen LogP contribution in [0.1, 0.15) is 23.9 Å². The van der Waals surface area contributed by atoms with E-state index in [0.717, 1.165) is 5.69 Å². The second-order valence-corrected chi connectivity index (χ2v) is 3.51. The quantitative estimate of drug-likeness (QED) is 0.687. The summed E-state index contributed by atoms with van der Waals surface area (Å²) < 4.78 is 5.43. The van der Waals surface area contributed by atoms with Crippen LogP contribution in [0, 0.1) is 6.92 Å². The lowest BCUT2D eigenvalue weighted by atomic mass is 10.0. The molecule has 14 heavy (non-hydrogen) atoms. The first kappa shape index (κ1) is 9.43. The van der Waals surface area contributed by atoms with Gasteiger partial charge in [0.2, 0.25) is 0 Å². The van der Waals surface area contributed by atoms with Crippen LogP contribution in [0.2, 0.25) is 0 Å². The van der Waals surface area contributed by atoms with Gasteiger partial charge in [-0.15, -0.1) is 0 Å². The summed E-state index contributed by atoms with van der Waals surface area (Å²) in [6.07, 6.45) is -0.544. The molecule has 0 saturated heterocycles. The number of fused-ring (bicyclic) bond motifs is 1. The van der Waals surface area contributed by atoms with E-state index in [4.69, 9.17) is 9.84 Å². The van der Waals surface area contributed by atoms with E-state index in [1.165, 1.54) is 0 Å². The highest BCUT2D eigenvalue weighted by molar-refractivity contribution is 5.32. The van der Waals surface area contributed by atoms with E-state index in [9.17, 15) is 5.11 Å². The first-order valence-corrected chi connectivity index (χ1v) is 4.64. The minimum Gasteiger partial charge on any atom is -0.486 e. The molecular formula is C10H13NO3. The van der Waals surface area contributed by atoms with Crippen LogP contribution >= 0.6 is 0 Å². The Morgan fingerprint density at radius 3 is 3.07 bits per heavy atom. The number of pyridine rings is 1. The lowest BCUT2D eigenvalue weighted by Crippen LogP contribution is -2.29. The van der Waals surface area contributed by atoms with Gasteiger partial charge in [0.1, 0.15) is 23.7 Å². The van der Waals surface area contributed by atoms with Crippen molar-refractivity contribution in [3.63, 3.8) is 0 Å². The molecule has 4 heteroatoms. The second-order valence-electron chi connectivity index (χ2n) is 3.51. The van der Waals surface area contributed by atoms with Crippen LogP contribution in [-0.2, 0) is 0 Å². The number of hydrogen-bond donors (Lipinski definition) is 2. The monoisotopic (exact) mass is 195 g/mol. The molecule has 2 N–H and O–H groups in total. The van der Waals surface area contributed by atoms with Crippen LogP contribution in [0.3, 0.4) is 0 Å². The molecule has 0 bridgehead atoms. The molecule has 2 rings (SSSR count). The molecule has 2 unspecified atom stereocenters. The predicted molar refractivity (Wildman–Crippen MR) is 50.1 cm³/mol. The lowest BCUT2D eigenvalue weighted by Gasteiger charge is -2.27. The Bertz CT molecular complexity index is 340. The normalized spacial score (nSPS) is 25.4. The van der Waals surface area contributed by atoms with Gasteiger partial charge in [0, 0.05) is 12.1 Å². The number of nitrogens with zero attached hydrogens (tertiary/aromatic N) is 1. The molecule has 0 amide bonds. The van der Waals surface area contributed by atoms with E-state index in [1.807, 2.05) is 13.0 Å². The number of rotatable bonds is 1. The van der Waals surface area contributed by atoms with Crippen molar-refractivity contribution in [2.75, 3.05) is 6.61 Å². The van der Waals surface area contributed by atoms with Gasteiger partial charge >= 0.3 is 0 Å². The summed E-state index contributed by atoms with van der Waals surface area (Å²) in [5.41, 5.74) is 1.43. The van der Waals surface area contributed by atoms with Gasteiger partial charge in [0.15, 0.2) is 0 Å². The number of aryl methyl sites for hydroxylation is 1. The average molecular weight is 195 g/mol. The molecule has 2 heterocycles. The Morgan fingerprint density at radius 1 is 1.57 bits per heavy atom. The summed E-state index contributed by atoms with van der Waals surface area (Å²) in [5, 5.41) is 18.7. The van der Waals surface area contributed by atoms with Crippen molar-refractivity contribution in [3.05, 3.63) is 23.5 Å². The fourth-order valence-electron chi connectivity index (χ4n) is 1.60. The van der Waals surface area contributed by atoms with Crippen molar-refractivity contribution in [1.29, 1.82) is 0 Å². The molecular weight excluding hydrogens is 182 g/mol. The fraction of sp³-hybridized carbons (Fsp3) is 0.500. The summed E-state index contributed by atoms with van der Waals surface area (Å²) in [6, 6.07) is 3.61. The highest BCUT2D eigenvalue weighted by Crippen LogP contribution is 2.32. The summed E-state index contributed by atoms with van der Waals surface area (Å²) in [4.78, 5) is 4.21. The topological polar surface area (TPSA) is 62.6 Å². The number of ether oxygens (including phenoxy) is 1. The Morgan fingerprint density at radius 2 is 2.36 bits per heavy atom. The second kappa shape index (κ2) is 3.55. The number of aromatic nitrogens is 1. The third-order valence-electron chi connectivity index (χ3n) is 2.32. The van der Waals surface area contributed by atoms with E-state index < -0.39 is 6.10 Å². The highest BCUT2D eigenvalue weighted by Gasteiger charge is 2.27. The highest BCUT2D eigenvalue weighted by atomic mass is 16.5. The Kier molecular flexibility index (Phi) is 2.39. The Balaban J connectivity index is 2.35. The maximum absolute atomic E-state index is 9.73. The fourth-order valence-corrected chi connectivity index (χ4v) is 1.60. The van der Waals surface area contributed by atoms with Gasteiger partial charge in [-0.1, -0.05) is 0 Å².